The van der Waals surface area contributed by atoms with Gasteiger partial charge in [0.25, 0.3) is 11.6 Å². The Morgan fingerprint density at radius 1 is 1.35 bits per heavy atom. The molecule has 3 heterocycles. The maximum absolute atomic E-state index is 12.5. The first-order chi connectivity index (χ1) is 14.9. The second-order valence-electron chi connectivity index (χ2n) is 6.61. The molecule has 0 aliphatic carbocycles. The fourth-order valence-electron chi connectivity index (χ4n) is 3.06. The third-order valence-electron chi connectivity index (χ3n) is 4.54. The highest BCUT2D eigenvalue weighted by molar-refractivity contribution is 8.26. The highest BCUT2D eigenvalue weighted by Gasteiger charge is 2.35. The zero-order valence-electron chi connectivity index (χ0n) is 16.6. The molecule has 0 unspecified atom stereocenters. The van der Waals surface area contributed by atoms with Gasteiger partial charge in [-0.05, 0) is 54.9 Å². The number of rotatable bonds is 6. The number of methoxy groups -OCH3 is 1. The fourth-order valence-corrected chi connectivity index (χ4v) is 4.05. The zero-order chi connectivity index (χ0) is 22.1. The summed E-state index contributed by atoms with van der Waals surface area (Å²) >= 11 is 1.28. The fraction of sp³-hybridized carbons (Fsp3) is 0.200. The number of benzene rings is 1. The van der Waals surface area contributed by atoms with Crippen molar-refractivity contribution in [1.29, 1.82) is 5.41 Å². The number of nitrogens with zero attached hydrogens (tertiary/aromatic N) is 4. The lowest BCUT2D eigenvalue weighted by atomic mass is 10.1. The Morgan fingerprint density at radius 3 is 2.87 bits per heavy atom. The number of amidine groups is 2. The number of nitro groups is 1. The summed E-state index contributed by atoms with van der Waals surface area (Å²) in [6.45, 7) is 2.02. The molecule has 0 saturated carbocycles. The van der Waals surface area contributed by atoms with Crippen LogP contribution in [0.4, 0.5) is 5.69 Å². The van der Waals surface area contributed by atoms with Crippen molar-refractivity contribution >= 4 is 45.5 Å². The van der Waals surface area contributed by atoms with Crippen LogP contribution < -0.4 is 4.74 Å². The Kier molecular flexibility index (Phi) is 5.42. The molecule has 1 aromatic carbocycles. The van der Waals surface area contributed by atoms with Crippen LogP contribution in [0.2, 0.25) is 0 Å². The van der Waals surface area contributed by atoms with Crippen LogP contribution in [-0.4, -0.2) is 39.0 Å². The number of ether oxygens (including phenoxy) is 1. The molecule has 1 aromatic heterocycles. The van der Waals surface area contributed by atoms with Gasteiger partial charge in [0.2, 0.25) is 5.17 Å². The zero-order valence-corrected chi connectivity index (χ0v) is 17.4. The van der Waals surface area contributed by atoms with Gasteiger partial charge in [-0.1, -0.05) is 6.92 Å². The summed E-state index contributed by atoms with van der Waals surface area (Å²) in [6, 6.07) is 7.57. The lowest BCUT2D eigenvalue weighted by Crippen LogP contribution is -2.35. The minimum absolute atomic E-state index is 0.0241. The molecule has 158 valence electrons. The molecular weight excluding hydrogens is 422 g/mol. The number of furan rings is 1. The number of amides is 1. The standard InChI is InChI=1S/C20H17N5O5S/c1-3-4-17-23-24-18(21)14(19(26)22-20(24)31-17)9-12-6-8-16(30-12)13-7-5-11(29-2)10-15(13)25(27)28/h5-10,21H,3-4H2,1-2H3/b14-9+,21-18?. The largest absolute Gasteiger partial charge is 0.497 e. The first-order valence-electron chi connectivity index (χ1n) is 9.33. The van der Waals surface area contributed by atoms with Crippen molar-refractivity contribution in [2.75, 3.05) is 7.11 Å². The molecule has 1 N–H and O–H groups in total. The first-order valence-corrected chi connectivity index (χ1v) is 10.1. The topological polar surface area (TPSA) is 134 Å². The number of nitro benzene ring substituents is 1. The smallest absolute Gasteiger partial charge is 0.284 e. The normalized spacial score (nSPS) is 17.0. The van der Waals surface area contributed by atoms with E-state index in [1.807, 2.05) is 6.92 Å². The number of aliphatic imine (C=N–C) groups is 1. The van der Waals surface area contributed by atoms with Gasteiger partial charge in [0.1, 0.15) is 22.3 Å². The highest BCUT2D eigenvalue weighted by Crippen LogP contribution is 2.35. The van der Waals surface area contributed by atoms with E-state index in [1.165, 1.54) is 42.1 Å². The summed E-state index contributed by atoms with van der Waals surface area (Å²) in [5.74, 6) is 0.203. The molecule has 0 atom stereocenters. The van der Waals surface area contributed by atoms with Crippen molar-refractivity contribution in [2.24, 2.45) is 10.1 Å². The molecule has 2 aliphatic heterocycles. The van der Waals surface area contributed by atoms with Crippen LogP contribution in [0.25, 0.3) is 17.4 Å². The Bertz CT molecular complexity index is 1200. The molecule has 2 aromatic rings. The van der Waals surface area contributed by atoms with Crippen molar-refractivity contribution in [3.05, 3.63) is 51.8 Å². The van der Waals surface area contributed by atoms with E-state index < -0.39 is 10.8 Å². The maximum Gasteiger partial charge on any atom is 0.284 e. The molecule has 0 bridgehead atoms. The van der Waals surface area contributed by atoms with E-state index in [9.17, 15) is 14.9 Å². The third-order valence-corrected chi connectivity index (χ3v) is 5.51. The molecule has 10 nitrogen and oxygen atoms in total. The van der Waals surface area contributed by atoms with E-state index in [2.05, 4.69) is 10.1 Å². The van der Waals surface area contributed by atoms with E-state index in [4.69, 9.17) is 14.6 Å². The predicted octanol–water partition coefficient (Wildman–Crippen LogP) is 4.28. The monoisotopic (exact) mass is 439 g/mol. The van der Waals surface area contributed by atoms with Crippen LogP contribution in [0.1, 0.15) is 25.5 Å². The minimum atomic E-state index is -0.565. The number of thioether (sulfide) groups is 1. The number of fused-ring (bicyclic) bond motifs is 1. The summed E-state index contributed by atoms with van der Waals surface area (Å²) in [4.78, 5) is 27.4. The Labute approximate surface area is 180 Å². The van der Waals surface area contributed by atoms with Gasteiger partial charge in [-0.25, -0.2) is 0 Å². The van der Waals surface area contributed by atoms with Crippen LogP contribution in [0, 0.1) is 15.5 Å². The van der Waals surface area contributed by atoms with Crippen molar-refractivity contribution in [1.82, 2.24) is 5.01 Å². The van der Waals surface area contributed by atoms with E-state index in [1.54, 1.807) is 18.2 Å². The van der Waals surface area contributed by atoms with Crippen molar-refractivity contribution in [2.45, 2.75) is 19.8 Å². The van der Waals surface area contributed by atoms with Crippen LogP contribution >= 0.6 is 11.8 Å². The molecule has 2 aliphatic rings. The van der Waals surface area contributed by atoms with Crippen molar-refractivity contribution in [3.63, 3.8) is 0 Å². The van der Waals surface area contributed by atoms with Gasteiger partial charge < -0.3 is 9.15 Å². The molecular formula is C20H17N5O5S. The first kappa shape index (κ1) is 20.5. The number of hydrogen-bond acceptors (Lipinski definition) is 8. The van der Waals surface area contributed by atoms with Crippen LogP contribution in [0.3, 0.4) is 0 Å². The van der Waals surface area contributed by atoms with Crippen LogP contribution in [0.5, 0.6) is 5.75 Å². The van der Waals surface area contributed by atoms with E-state index in [0.717, 1.165) is 17.9 Å². The molecule has 11 heteroatoms. The van der Waals surface area contributed by atoms with Gasteiger partial charge in [-0.15, -0.1) is 0 Å². The predicted molar refractivity (Wildman–Crippen MR) is 117 cm³/mol. The summed E-state index contributed by atoms with van der Waals surface area (Å²) < 4.78 is 10.8. The average Bonchev–Trinajstić information content (AvgIpc) is 3.38. The number of carbonyl (C=O) groups excluding carboxylic acids is 1. The van der Waals surface area contributed by atoms with Gasteiger partial charge >= 0.3 is 0 Å². The van der Waals surface area contributed by atoms with Crippen LogP contribution in [0.15, 0.2) is 50.4 Å². The summed E-state index contributed by atoms with van der Waals surface area (Å²) in [5.41, 5.74) is 0.122. The summed E-state index contributed by atoms with van der Waals surface area (Å²) in [5, 5.41) is 26.7. The number of hydrogen-bond donors (Lipinski definition) is 1. The summed E-state index contributed by atoms with van der Waals surface area (Å²) in [7, 11) is 1.42. The van der Waals surface area contributed by atoms with E-state index in [0.29, 0.717) is 10.9 Å². The van der Waals surface area contributed by atoms with Crippen LogP contribution in [-0.2, 0) is 4.79 Å². The molecule has 0 saturated heterocycles. The van der Waals surface area contributed by atoms with Crippen molar-refractivity contribution in [3.8, 4) is 17.1 Å². The van der Waals surface area contributed by atoms with Gasteiger partial charge in [0, 0.05) is 0 Å². The van der Waals surface area contributed by atoms with E-state index >= 15 is 0 Å². The number of nitrogens with one attached hydrogen (secondary N) is 1. The van der Waals surface area contributed by atoms with Gasteiger partial charge in [0.15, 0.2) is 5.84 Å². The molecule has 0 fully saturated rings. The number of hydrazone groups is 1. The highest BCUT2D eigenvalue weighted by atomic mass is 32.2. The van der Waals surface area contributed by atoms with Gasteiger partial charge in [-0.2, -0.15) is 15.1 Å². The Balaban J connectivity index is 1.66. The second-order valence-corrected chi connectivity index (χ2v) is 7.65. The number of carbonyl (C=O) groups is 1. The second kappa shape index (κ2) is 8.19. The minimum Gasteiger partial charge on any atom is -0.497 e. The third kappa shape index (κ3) is 3.87. The maximum atomic E-state index is 12.5. The molecule has 0 radical (unpaired) electrons. The average molecular weight is 439 g/mol. The molecule has 1 amide bonds. The quantitative estimate of drug-likeness (QED) is 0.403. The SMILES string of the molecule is CCCC1=NN2C(=N)/C(=C\c3ccc(-c4ccc(OC)cc4[N+](=O)[O-])o3)C(=O)N=C2S1. The molecule has 0 spiro atoms. The lowest BCUT2D eigenvalue weighted by Gasteiger charge is -2.19. The Hall–Kier alpha value is -3.73. The van der Waals surface area contributed by atoms with Gasteiger partial charge in [-0.3, -0.25) is 20.3 Å². The van der Waals surface area contributed by atoms with Crippen molar-refractivity contribution < 1.29 is 18.9 Å². The van der Waals surface area contributed by atoms with E-state index in [-0.39, 0.29) is 34.2 Å². The molecule has 4 rings (SSSR count). The Morgan fingerprint density at radius 2 is 2.16 bits per heavy atom. The molecule has 31 heavy (non-hydrogen) atoms. The lowest BCUT2D eigenvalue weighted by molar-refractivity contribution is -0.384. The van der Waals surface area contributed by atoms with Gasteiger partial charge in [0.05, 0.1) is 29.2 Å². The summed E-state index contributed by atoms with van der Waals surface area (Å²) in [6.07, 6.45) is 3.02.